The molecule has 0 bridgehead atoms. The van der Waals surface area contributed by atoms with Gasteiger partial charge in [0.1, 0.15) is 5.75 Å². The highest BCUT2D eigenvalue weighted by atomic mass is 32.1. The molecule has 27 heavy (non-hydrogen) atoms. The van der Waals surface area contributed by atoms with E-state index in [0.29, 0.717) is 12.8 Å². The Morgan fingerprint density at radius 1 is 0.963 bits per heavy atom. The van der Waals surface area contributed by atoms with Crippen molar-refractivity contribution in [2.75, 3.05) is 19.5 Å². The van der Waals surface area contributed by atoms with Gasteiger partial charge in [0.15, 0.2) is 5.11 Å². The molecule has 0 fully saturated rings. The molecule has 0 aliphatic carbocycles. The molecule has 142 valence electrons. The highest BCUT2D eigenvalue weighted by Crippen LogP contribution is 2.12. The van der Waals surface area contributed by atoms with Gasteiger partial charge in [-0.2, -0.15) is 0 Å². The summed E-state index contributed by atoms with van der Waals surface area (Å²) < 4.78 is 5.09. The number of benzene rings is 2. The van der Waals surface area contributed by atoms with Crippen molar-refractivity contribution < 1.29 is 14.3 Å². The van der Waals surface area contributed by atoms with Crippen LogP contribution in [-0.2, 0) is 22.4 Å². The average Bonchev–Trinajstić information content (AvgIpc) is 2.67. The summed E-state index contributed by atoms with van der Waals surface area (Å²) in [4.78, 5) is 23.4. The van der Waals surface area contributed by atoms with E-state index in [9.17, 15) is 9.59 Å². The molecule has 0 atom stereocenters. The van der Waals surface area contributed by atoms with Gasteiger partial charge < -0.3 is 20.7 Å². The smallest absolute Gasteiger partial charge is 0.230 e. The van der Waals surface area contributed by atoms with Crippen molar-refractivity contribution in [2.24, 2.45) is 0 Å². The topological polar surface area (TPSA) is 79.5 Å². The average molecular weight is 385 g/mol. The largest absolute Gasteiger partial charge is 0.497 e. The molecule has 0 aliphatic rings. The first-order valence-electron chi connectivity index (χ1n) is 8.53. The Morgan fingerprint density at radius 2 is 1.59 bits per heavy atom. The summed E-state index contributed by atoms with van der Waals surface area (Å²) in [5.74, 6) is 0.563. The maximum Gasteiger partial charge on any atom is 0.230 e. The van der Waals surface area contributed by atoms with Crippen LogP contribution in [0.3, 0.4) is 0 Å². The van der Waals surface area contributed by atoms with Gasteiger partial charge in [0.25, 0.3) is 0 Å². The Labute approximate surface area is 164 Å². The third-order valence-corrected chi connectivity index (χ3v) is 4.11. The number of nitrogens with one attached hydrogen (secondary N) is 3. The SMILES string of the molecule is CNC(=O)CCc1ccc(NC(=S)NC(=O)Cc2ccc(OC)cc2)cc1. The van der Waals surface area contributed by atoms with Crippen LogP contribution in [0.2, 0.25) is 0 Å². The van der Waals surface area contributed by atoms with Crippen LogP contribution in [0.1, 0.15) is 17.5 Å². The van der Waals surface area contributed by atoms with E-state index in [2.05, 4.69) is 16.0 Å². The monoisotopic (exact) mass is 385 g/mol. The number of rotatable bonds is 7. The van der Waals surface area contributed by atoms with Crippen LogP contribution in [0.4, 0.5) is 5.69 Å². The van der Waals surface area contributed by atoms with Gasteiger partial charge in [-0.05, 0) is 54.0 Å². The first-order valence-corrected chi connectivity index (χ1v) is 8.94. The molecule has 7 heteroatoms. The molecule has 2 rings (SSSR count). The number of methoxy groups -OCH3 is 1. The summed E-state index contributed by atoms with van der Waals surface area (Å²) >= 11 is 5.19. The molecule has 0 heterocycles. The van der Waals surface area contributed by atoms with Crippen LogP contribution >= 0.6 is 12.2 Å². The highest BCUT2D eigenvalue weighted by Gasteiger charge is 2.07. The molecule has 0 unspecified atom stereocenters. The Morgan fingerprint density at radius 3 is 2.19 bits per heavy atom. The molecule has 0 saturated heterocycles. The van der Waals surface area contributed by atoms with Gasteiger partial charge in [-0.3, -0.25) is 9.59 Å². The number of carbonyl (C=O) groups is 2. The van der Waals surface area contributed by atoms with E-state index in [0.717, 1.165) is 22.6 Å². The Balaban J connectivity index is 1.80. The van der Waals surface area contributed by atoms with E-state index < -0.39 is 0 Å². The van der Waals surface area contributed by atoms with Crippen LogP contribution < -0.4 is 20.7 Å². The van der Waals surface area contributed by atoms with Gasteiger partial charge in [0, 0.05) is 19.2 Å². The summed E-state index contributed by atoms with van der Waals surface area (Å²) in [7, 11) is 3.22. The first kappa shape index (κ1) is 20.4. The third-order valence-electron chi connectivity index (χ3n) is 3.91. The minimum Gasteiger partial charge on any atom is -0.497 e. The van der Waals surface area contributed by atoms with Crippen LogP contribution in [0.25, 0.3) is 0 Å². The number of anilines is 1. The molecule has 0 radical (unpaired) electrons. The Hall–Kier alpha value is -2.93. The van der Waals surface area contributed by atoms with Crippen LogP contribution in [0.5, 0.6) is 5.75 Å². The number of amides is 2. The number of aryl methyl sites for hydroxylation is 1. The van der Waals surface area contributed by atoms with Gasteiger partial charge in [-0.25, -0.2) is 0 Å². The quantitative estimate of drug-likeness (QED) is 0.638. The lowest BCUT2D eigenvalue weighted by atomic mass is 10.1. The molecule has 0 aliphatic heterocycles. The van der Waals surface area contributed by atoms with E-state index in [1.807, 2.05) is 48.5 Å². The molecular formula is C20H23N3O3S. The maximum absolute atomic E-state index is 12.1. The van der Waals surface area contributed by atoms with E-state index in [1.54, 1.807) is 14.2 Å². The van der Waals surface area contributed by atoms with Gasteiger partial charge in [0.05, 0.1) is 13.5 Å². The van der Waals surface area contributed by atoms with Gasteiger partial charge in [-0.1, -0.05) is 24.3 Å². The normalized spacial score (nSPS) is 10.0. The standard InChI is InChI=1S/C20H23N3O3S/c1-21-18(24)12-7-14-3-8-16(9-4-14)22-20(27)23-19(25)13-15-5-10-17(26-2)11-6-15/h3-6,8-11H,7,12-13H2,1-2H3,(H,21,24)(H2,22,23,25,27). The van der Waals surface area contributed by atoms with Crippen molar-refractivity contribution in [3.8, 4) is 5.75 Å². The zero-order chi connectivity index (χ0) is 19.6. The minimum atomic E-state index is -0.195. The van der Waals surface area contributed by atoms with E-state index in [-0.39, 0.29) is 23.3 Å². The van der Waals surface area contributed by atoms with E-state index >= 15 is 0 Å². The highest BCUT2D eigenvalue weighted by molar-refractivity contribution is 7.80. The molecule has 2 aromatic rings. The fourth-order valence-electron chi connectivity index (χ4n) is 2.40. The Kier molecular flexibility index (Phi) is 7.76. The maximum atomic E-state index is 12.1. The number of thiocarbonyl (C=S) groups is 1. The van der Waals surface area contributed by atoms with Gasteiger partial charge in [0.2, 0.25) is 11.8 Å². The predicted molar refractivity (Wildman–Crippen MR) is 110 cm³/mol. The minimum absolute atomic E-state index is 0.0120. The van der Waals surface area contributed by atoms with Crippen molar-refractivity contribution >= 4 is 34.8 Å². The van der Waals surface area contributed by atoms with Gasteiger partial charge in [-0.15, -0.1) is 0 Å². The zero-order valence-electron chi connectivity index (χ0n) is 15.4. The number of ether oxygens (including phenoxy) is 1. The van der Waals surface area contributed by atoms with Crippen molar-refractivity contribution in [3.63, 3.8) is 0 Å². The summed E-state index contributed by atoms with van der Waals surface area (Å²) in [5.41, 5.74) is 2.70. The Bertz CT molecular complexity index is 789. The fraction of sp³-hybridized carbons (Fsp3) is 0.250. The molecule has 6 nitrogen and oxygen atoms in total. The van der Waals surface area contributed by atoms with Crippen LogP contribution in [0, 0.1) is 0 Å². The number of hydrogen-bond donors (Lipinski definition) is 3. The van der Waals surface area contributed by atoms with Crippen LogP contribution in [0.15, 0.2) is 48.5 Å². The van der Waals surface area contributed by atoms with Crippen molar-refractivity contribution in [1.82, 2.24) is 10.6 Å². The third kappa shape index (κ3) is 7.07. The molecule has 0 saturated carbocycles. The summed E-state index contributed by atoms with van der Waals surface area (Å²) in [6.07, 6.45) is 1.34. The molecule has 0 aromatic heterocycles. The lowest BCUT2D eigenvalue weighted by molar-refractivity contribution is -0.120. The van der Waals surface area contributed by atoms with Crippen LogP contribution in [-0.4, -0.2) is 31.1 Å². The van der Waals surface area contributed by atoms with Crippen molar-refractivity contribution in [3.05, 3.63) is 59.7 Å². The number of hydrogen-bond acceptors (Lipinski definition) is 4. The fourth-order valence-corrected chi connectivity index (χ4v) is 2.63. The second kappa shape index (κ2) is 10.3. The molecule has 2 amide bonds. The lowest BCUT2D eigenvalue weighted by Gasteiger charge is -2.10. The van der Waals surface area contributed by atoms with E-state index in [4.69, 9.17) is 17.0 Å². The first-order chi connectivity index (χ1) is 13.0. The molecule has 2 aromatic carbocycles. The van der Waals surface area contributed by atoms with Gasteiger partial charge >= 0.3 is 0 Å². The molecule has 0 spiro atoms. The zero-order valence-corrected chi connectivity index (χ0v) is 16.2. The molecule has 3 N–H and O–H groups in total. The summed E-state index contributed by atoms with van der Waals surface area (Å²) in [6.45, 7) is 0. The van der Waals surface area contributed by atoms with Crippen molar-refractivity contribution in [1.29, 1.82) is 0 Å². The number of carbonyl (C=O) groups excluding carboxylic acids is 2. The second-order valence-corrected chi connectivity index (χ2v) is 6.31. The molecular weight excluding hydrogens is 362 g/mol. The lowest BCUT2D eigenvalue weighted by Crippen LogP contribution is -2.35. The summed E-state index contributed by atoms with van der Waals surface area (Å²) in [6, 6.07) is 14.9. The predicted octanol–water partition coefficient (Wildman–Crippen LogP) is 2.43. The van der Waals surface area contributed by atoms with Crippen molar-refractivity contribution in [2.45, 2.75) is 19.3 Å². The second-order valence-electron chi connectivity index (χ2n) is 5.90. The van der Waals surface area contributed by atoms with E-state index in [1.165, 1.54) is 0 Å². The summed E-state index contributed by atoms with van der Waals surface area (Å²) in [5, 5.41) is 8.49.